The lowest BCUT2D eigenvalue weighted by molar-refractivity contribution is -0.0148. The van der Waals surface area contributed by atoms with Gasteiger partial charge in [0.1, 0.15) is 4.71 Å². The van der Waals surface area contributed by atoms with Crippen LogP contribution < -0.4 is 0 Å². The minimum Gasteiger partial charge on any atom is -0.227 e. The number of sulfone groups is 1. The maximum atomic E-state index is 12.2. The number of rotatable bonds is 0. The highest BCUT2D eigenvalue weighted by Crippen LogP contribution is 2.67. The quantitative estimate of drug-likeness (QED) is 0.629. The maximum Gasteiger partial charge on any atom is 0.168 e. The fraction of sp³-hybridized carbons (Fsp3) is 1.00. The van der Waals surface area contributed by atoms with Crippen molar-refractivity contribution in [2.45, 2.75) is 56.1 Å². The van der Waals surface area contributed by atoms with Gasteiger partial charge in [0.25, 0.3) is 0 Å². The summed E-state index contributed by atoms with van der Waals surface area (Å²) < 4.78 is 23.7. The van der Waals surface area contributed by atoms with Gasteiger partial charge in [0.2, 0.25) is 0 Å². The zero-order valence-electron chi connectivity index (χ0n) is 9.54. The fourth-order valence-electron chi connectivity index (χ4n) is 4.64. The zero-order chi connectivity index (χ0) is 11.4. The molecule has 3 fully saturated rings. The smallest absolute Gasteiger partial charge is 0.168 e. The molecule has 1 saturated heterocycles. The number of hydrogen-bond donors (Lipinski definition) is 0. The average Bonchev–Trinajstić information content (AvgIpc) is 2.45. The summed E-state index contributed by atoms with van der Waals surface area (Å²) in [5.41, 5.74) is -0.0152. The summed E-state index contributed by atoms with van der Waals surface area (Å²) in [6, 6.07) is 0. The SMILES string of the molecule is O=S1(=O)CC23CCCCC2(CCCC3)[C@@H]1Cl. The number of halogens is 1. The van der Waals surface area contributed by atoms with Crippen LogP contribution in [0.2, 0.25) is 0 Å². The van der Waals surface area contributed by atoms with E-state index in [9.17, 15) is 8.42 Å². The third-order valence-electron chi connectivity index (χ3n) is 5.34. The fourth-order valence-corrected chi connectivity index (χ4v) is 7.95. The lowest BCUT2D eigenvalue weighted by Crippen LogP contribution is -2.48. The van der Waals surface area contributed by atoms with Crippen LogP contribution in [0.1, 0.15) is 51.4 Å². The molecule has 0 aromatic rings. The van der Waals surface area contributed by atoms with E-state index in [4.69, 9.17) is 11.6 Å². The Kier molecular flexibility index (Phi) is 2.39. The summed E-state index contributed by atoms with van der Waals surface area (Å²) in [4.78, 5) is 0. The Balaban J connectivity index is 2.13. The molecule has 3 rings (SSSR count). The molecule has 0 bridgehead atoms. The van der Waals surface area contributed by atoms with Gasteiger partial charge < -0.3 is 0 Å². The Morgan fingerprint density at radius 1 is 0.938 bits per heavy atom. The van der Waals surface area contributed by atoms with E-state index in [1.54, 1.807) is 0 Å². The average molecular weight is 263 g/mol. The van der Waals surface area contributed by atoms with Crippen molar-refractivity contribution in [3.63, 3.8) is 0 Å². The van der Waals surface area contributed by atoms with E-state index in [0.717, 1.165) is 25.7 Å². The number of alkyl halides is 1. The van der Waals surface area contributed by atoms with Crippen LogP contribution in [0.25, 0.3) is 0 Å². The molecule has 0 spiro atoms. The van der Waals surface area contributed by atoms with E-state index in [1.165, 1.54) is 25.7 Å². The van der Waals surface area contributed by atoms with Crippen LogP contribution >= 0.6 is 11.6 Å². The molecular weight excluding hydrogens is 244 g/mol. The second-order valence-corrected chi connectivity index (χ2v) is 8.75. The summed E-state index contributed by atoms with van der Waals surface area (Å²) in [7, 11) is -3.04. The van der Waals surface area contributed by atoms with Crippen LogP contribution in [-0.4, -0.2) is 18.9 Å². The molecule has 0 aromatic carbocycles. The van der Waals surface area contributed by atoms with E-state index in [-0.39, 0.29) is 10.8 Å². The predicted octanol–water partition coefficient (Wildman–Crippen LogP) is 3.10. The summed E-state index contributed by atoms with van der Waals surface area (Å²) in [6.07, 6.45) is 8.99. The highest BCUT2D eigenvalue weighted by molar-refractivity contribution is 7.93. The third-order valence-corrected chi connectivity index (χ3v) is 8.61. The topological polar surface area (TPSA) is 34.1 Å². The van der Waals surface area contributed by atoms with Gasteiger partial charge in [0.15, 0.2) is 9.84 Å². The predicted molar refractivity (Wildman–Crippen MR) is 65.2 cm³/mol. The third kappa shape index (κ3) is 1.22. The van der Waals surface area contributed by atoms with Gasteiger partial charge in [-0.1, -0.05) is 25.7 Å². The van der Waals surface area contributed by atoms with Crippen molar-refractivity contribution in [2.75, 3.05) is 5.75 Å². The Bertz CT molecular complexity index is 389. The lowest BCUT2D eigenvalue weighted by atomic mass is 9.52. The van der Waals surface area contributed by atoms with Crippen molar-refractivity contribution in [1.29, 1.82) is 0 Å². The normalized spacial score (nSPS) is 50.7. The molecule has 1 atom stereocenters. The highest BCUT2D eigenvalue weighted by Gasteiger charge is 2.66. The van der Waals surface area contributed by atoms with Crippen LogP contribution in [0.15, 0.2) is 0 Å². The van der Waals surface area contributed by atoms with Gasteiger partial charge in [0, 0.05) is 5.41 Å². The van der Waals surface area contributed by atoms with Crippen LogP contribution in [-0.2, 0) is 9.84 Å². The van der Waals surface area contributed by atoms with Gasteiger partial charge in [0.05, 0.1) is 5.75 Å². The summed E-state index contributed by atoms with van der Waals surface area (Å²) >= 11 is 6.35. The van der Waals surface area contributed by atoms with E-state index in [2.05, 4.69) is 0 Å². The molecule has 2 aliphatic carbocycles. The van der Waals surface area contributed by atoms with E-state index >= 15 is 0 Å². The molecule has 16 heavy (non-hydrogen) atoms. The second kappa shape index (κ2) is 3.38. The van der Waals surface area contributed by atoms with Crippen molar-refractivity contribution < 1.29 is 8.42 Å². The van der Waals surface area contributed by atoms with Crippen molar-refractivity contribution in [3.05, 3.63) is 0 Å². The molecule has 0 radical (unpaired) electrons. The zero-order valence-corrected chi connectivity index (χ0v) is 11.1. The largest absolute Gasteiger partial charge is 0.227 e. The monoisotopic (exact) mass is 262 g/mol. The highest BCUT2D eigenvalue weighted by atomic mass is 35.5. The van der Waals surface area contributed by atoms with Crippen molar-refractivity contribution >= 4 is 21.4 Å². The van der Waals surface area contributed by atoms with Gasteiger partial charge in [-0.15, -0.1) is 11.6 Å². The first-order valence-corrected chi connectivity index (χ1v) is 8.53. The van der Waals surface area contributed by atoms with Crippen LogP contribution in [0.4, 0.5) is 0 Å². The van der Waals surface area contributed by atoms with E-state index in [0.29, 0.717) is 5.75 Å². The Hall–Kier alpha value is 0.240. The van der Waals surface area contributed by atoms with Crippen molar-refractivity contribution in [1.82, 2.24) is 0 Å². The van der Waals surface area contributed by atoms with Gasteiger partial charge in [-0.3, -0.25) is 0 Å². The minimum atomic E-state index is -3.04. The molecule has 1 heterocycles. The molecule has 0 aromatic heterocycles. The van der Waals surface area contributed by atoms with Gasteiger partial charge >= 0.3 is 0 Å². The Labute approximate surface area is 103 Å². The molecule has 1 aliphatic heterocycles. The molecule has 0 amide bonds. The van der Waals surface area contributed by atoms with Crippen molar-refractivity contribution in [3.8, 4) is 0 Å². The van der Waals surface area contributed by atoms with Crippen LogP contribution in [0.5, 0.6) is 0 Å². The molecule has 0 N–H and O–H groups in total. The van der Waals surface area contributed by atoms with E-state index in [1.807, 2.05) is 0 Å². The van der Waals surface area contributed by atoms with Gasteiger partial charge in [-0.2, -0.15) is 0 Å². The molecule has 2 nitrogen and oxygen atoms in total. The molecule has 4 heteroatoms. The van der Waals surface area contributed by atoms with Crippen LogP contribution in [0, 0.1) is 10.8 Å². The van der Waals surface area contributed by atoms with Gasteiger partial charge in [-0.05, 0) is 31.1 Å². The minimum absolute atomic E-state index is 0.0503. The van der Waals surface area contributed by atoms with E-state index < -0.39 is 14.5 Å². The van der Waals surface area contributed by atoms with Crippen molar-refractivity contribution in [2.24, 2.45) is 10.8 Å². The summed E-state index contributed by atoms with van der Waals surface area (Å²) in [6.45, 7) is 0. The van der Waals surface area contributed by atoms with Gasteiger partial charge in [-0.25, -0.2) is 8.42 Å². The number of hydrogen-bond acceptors (Lipinski definition) is 2. The standard InChI is InChI=1S/C12H19ClO2S/c13-10-12-7-3-1-5-11(12,6-2-4-8-12)9-16(10,14)15/h10H,1-9H2/t10-,11?,12?/m1/s1. The first-order chi connectivity index (χ1) is 7.53. The molecule has 3 aliphatic rings. The summed E-state index contributed by atoms with van der Waals surface area (Å²) in [5, 5.41) is 0. The molecule has 2 saturated carbocycles. The van der Waals surface area contributed by atoms with Crippen LogP contribution in [0.3, 0.4) is 0 Å². The molecular formula is C12H19ClO2S. The Morgan fingerprint density at radius 2 is 1.44 bits per heavy atom. The lowest BCUT2D eigenvalue weighted by Gasteiger charge is -2.52. The first kappa shape index (κ1) is 11.3. The molecule has 92 valence electrons. The summed E-state index contributed by atoms with van der Waals surface area (Å²) in [5.74, 6) is 0.369. The Morgan fingerprint density at radius 3 is 1.94 bits per heavy atom. The first-order valence-electron chi connectivity index (χ1n) is 6.38. The maximum absolute atomic E-state index is 12.2. The second-order valence-electron chi connectivity index (χ2n) is 5.97. The molecule has 0 unspecified atom stereocenters.